The number of ether oxygens (including phenoxy) is 11. The predicted molar refractivity (Wildman–Crippen MR) is 147 cm³/mol. The number of rotatable bonds is 12. The molecule has 23 heteroatoms. The highest BCUT2D eigenvalue weighted by atomic mass is 32.3. The van der Waals surface area contributed by atoms with Crippen molar-refractivity contribution >= 4 is 10.4 Å². The van der Waals surface area contributed by atoms with Gasteiger partial charge in [-0.15, -0.1) is 0 Å². The minimum Gasteiger partial charge on any atom is -0.394 e. The minimum atomic E-state index is -5.20. The van der Waals surface area contributed by atoms with Crippen LogP contribution in [0.15, 0.2) is 0 Å². The molecule has 6 aliphatic rings. The molecule has 8 N–H and O–H groups in total. The van der Waals surface area contributed by atoms with Crippen molar-refractivity contribution < 1.29 is 105 Å². The average molecular weight is 739 g/mol. The van der Waals surface area contributed by atoms with Gasteiger partial charge in [0.25, 0.3) is 0 Å². The standard InChI is InChI=1S/C26H42O22S/c1-37-21-18-12(30)9(5-39-18)43-25(21)47-19-14(32)24(42-8(4-28)16(19)48-49(34,35)36)45-15-10-6-40-20(15)22(38-2)26(44-10)46-17-11(29)7(3-27)41-23(33)13(17)31/h7-33H,3-6H2,1-2H3,(H,34,35,36)/t7-,8-,9+,10+,11+,12-,13-,14-,15-,16+,17+,18-,19-,20-,21+,22+,23?,24+,25+,26+/m1/s1. The molecule has 1 unspecified atom stereocenters. The molecule has 284 valence electrons. The number of aliphatic hydroxyl groups excluding tert-OH is 7. The number of hydrogen-bond acceptors (Lipinski definition) is 21. The summed E-state index contributed by atoms with van der Waals surface area (Å²) in [7, 11) is -2.64. The van der Waals surface area contributed by atoms with Crippen molar-refractivity contribution in [1.82, 2.24) is 0 Å². The largest absolute Gasteiger partial charge is 0.397 e. The summed E-state index contributed by atoms with van der Waals surface area (Å²) < 4.78 is 101. The lowest BCUT2D eigenvalue weighted by molar-refractivity contribution is -0.372. The second-order valence-electron chi connectivity index (χ2n) is 12.3. The van der Waals surface area contributed by atoms with Crippen molar-refractivity contribution in [2.75, 3.05) is 40.6 Å². The van der Waals surface area contributed by atoms with E-state index < -0.39 is 146 Å². The van der Waals surface area contributed by atoms with Crippen molar-refractivity contribution in [1.29, 1.82) is 0 Å². The van der Waals surface area contributed by atoms with Crippen LogP contribution < -0.4 is 0 Å². The number of aliphatic hydroxyl groups is 7. The molecule has 0 aromatic heterocycles. The van der Waals surface area contributed by atoms with Gasteiger partial charge in [0.1, 0.15) is 97.7 Å². The quantitative estimate of drug-likeness (QED) is 0.0863. The van der Waals surface area contributed by atoms with Gasteiger partial charge in [0.15, 0.2) is 25.2 Å². The molecule has 6 heterocycles. The lowest BCUT2D eigenvalue weighted by Crippen LogP contribution is -2.66. The molecule has 0 radical (unpaired) electrons. The maximum Gasteiger partial charge on any atom is 0.397 e. The van der Waals surface area contributed by atoms with Crippen LogP contribution in [0.4, 0.5) is 0 Å². The Morgan fingerprint density at radius 3 is 1.80 bits per heavy atom. The third kappa shape index (κ3) is 7.38. The maximum absolute atomic E-state index is 11.8. The second kappa shape index (κ2) is 15.2. The van der Waals surface area contributed by atoms with Crippen LogP contribution in [0.1, 0.15) is 0 Å². The molecule has 4 bridgehead atoms. The maximum atomic E-state index is 11.8. The van der Waals surface area contributed by atoms with Crippen LogP contribution in [0, 0.1) is 0 Å². The first-order valence-electron chi connectivity index (χ1n) is 15.4. The van der Waals surface area contributed by atoms with E-state index in [0.29, 0.717) is 0 Å². The fourth-order valence-electron chi connectivity index (χ4n) is 6.97. The molecule has 0 aromatic carbocycles. The van der Waals surface area contributed by atoms with Crippen LogP contribution in [0.25, 0.3) is 0 Å². The van der Waals surface area contributed by atoms with E-state index in [1.54, 1.807) is 0 Å². The lowest BCUT2D eigenvalue weighted by Gasteiger charge is -2.48. The summed E-state index contributed by atoms with van der Waals surface area (Å²) in [6, 6.07) is 0. The van der Waals surface area contributed by atoms with Gasteiger partial charge in [-0.25, -0.2) is 4.18 Å². The Morgan fingerprint density at radius 1 is 0.592 bits per heavy atom. The van der Waals surface area contributed by atoms with Gasteiger partial charge in [-0.2, -0.15) is 8.42 Å². The highest BCUT2D eigenvalue weighted by molar-refractivity contribution is 7.80. The first-order valence-corrected chi connectivity index (χ1v) is 16.8. The fourth-order valence-corrected chi connectivity index (χ4v) is 7.49. The molecule has 0 amide bonds. The summed E-state index contributed by atoms with van der Waals surface area (Å²) in [5.74, 6) is 0. The minimum absolute atomic E-state index is 0.0112. The van der Waals surface area contributed by atoms with E-state index in [-0.39, 0.29) is 13.2 Å². The van der Waals surface area contributed by atoms with Gasteiger partial charge in [0, 0.05) is 14.2 Å². The van der Waals surface area contributed by atoms with Crippen LogP contribution in [-0.4, -0.2) is 212 Å². The molecule has 6 fully saturated rings. The Labute approximate surface area is 279 Å². The van der Waals surface area contributed by atoms with Gasteiger partial charge in [-0.05, 0) is 0 Å². The van der Waals surface area contributed by atoms with Crippen LogP contribution in [-0.2, 0) is 66.7 Å². The summed E-state index contributed by atoms with van der Waals surface area (Å²) >= 11 is 0. The Hall–Kier alpha value is -0.850. The molecular weight excluding hydrogens is 696 g/mol. The van der Waals surface area contributed by atoms with E-state index >= 15 is 0 Å². The molecule has 6 aliphatic heterocycles. The van der Waals surface area contributed by atoms with Crippen molar-refractivity contribution in [3.63, 3.8) is 0 Å². The Morgan fingerprint density at radius 2 is 1.16 bits per heavy atom. The molecule has 0 aliphatic carbocycles. The molecule has 20 atom stereocenters. The predicted octanol–water partition coefficient (Wildman–Crippen LogP) is -6.52. The van der Waals surface area contributed by atoms with Crippen LogP contribution in [0.2, 0.25) is 0 Å². The van der Waals surface area contributed by atoms with Gasteiger partial charge >= 0.3 is 10.4 Å². The molecule has 0 spiro atoms. The summed E-state index contributed by atoms with van der Waals surface area (Å²) in [5.41, 5.74) is 0. The third-order valence-corrected chi connectivity index (χ3v) is 9.87. The van der Waals surface area contributed by atoms with Crippen molar-refractivity contribution in [2.24, 2.45) is 0 Å². The number of fused-ring (bicyclic) bond motifs is 4. The number of methoxy groups -OCH3 is 2. The fraction of sp³-hybridized carbons (Fsp3) is 1.00. The van der Waals surface area contributed by atoms with Gasteiger partial charge in [-0.3, -0.25) is 4.55 Å². The molecular formula is C26H42O22S. The summed E-state index contributed by atoms with van der Waals surface area (Å²) in [4.78, 5) is 0. The zero-order valence-electron chi connectivity index (χ0n) is 26.1. The normalized spacial score (nSPS) is 51.6. The summed E-state index contributed by atoms with van der Waals surface area (Å²) in [6.07, 6.45) is -27.4. The highest BCUT2D eigenvalue weighted by Crippen LogP contribution is 2.40. The SMILES string of the molecule is CO[C@@H]1[C@H](O[C@H]2[C@@H](O)[C@@H](CO)OC(O)[C@@H]2O)O[C@H]2CO[C@@H]1[C@@H]2O[C@@H]1O[C@H](CO)[C@H](OS(=O)(=O)O)[C@H](O[C@@H]2O[C@H]3CO[C@H]([C@@H]3O)[C@@H]2OC)[C@H]1O. The third-order valence-electron chi connectivity index (χ3n) is 9.40. The van der Waals surface area contributed by atoms with Gasteiger partial charge in [0.2, 0.25) is 0 Å². The smallest absolute Gasteiger partial charge is 0.394 e. The molecule has 0 saturated carbocycles. The van der Waals surface area contributed by atoms with E-state index in [2.05, 4.69) is 0 Å². The van der Waals surface area contributed by atoms with Crippen molar-refractivity contribution in [2.45, 2.75) is 123 Å². The zero-order valence-corrected chi connectivity index (χ0v) is 26.9. The monoisotopic (exact) mass is 738 g/mol. The van der Waals surface area contributed by atoms with Gasteiger partial charge < -0.3 is 87.9 Å². The first-order chi connectivity index (χ1) is 23.3. The van der Waals surface area contributed by atoms with Gasteiger partial charge in [0.05, 0.1) is 26.4 Å². The second-order valence-corrected chi connectivity index (χ2v) is 13.4. The van der Waals surface area contributed by atoms with Crippen molar-refractivity contribution in [3.05, 3.63) is 0 Å². The zero-order chi connectivity index (χ0) is 35.4. The molecule has 6 saturated heterocycles. The van der Waals surface area contributed by atoms with E-state index in [1.165, 1.54) is 14.2 Å². The van der Waals surface area contributed by atoms with E-state index in [4.69, 9.17) is 56.3 Å². The first kappa shape index (κ1) is 37.9. The Balaban J connectivity index is 1.20. The molecule has 22 nitrogen and oxygen atoms in total. The molecule has 0 aromatic rings. The van der Waals surface area contributed by atoms with Crippen LogP contribution in [0.5, 0.6) is 0 Å². The van der Waals surface area contributed by atoms with Crippen molar-refractivity contribution in [3.8, 4) is 0 Å². The topological polar surface area (TPSA) is 307 Å². The van der Waals surface area contributed by atoms with Gasteiger partial charge in [-0.1, -0.05) is 0 Å². The Bertz CT molecular complexity index is 1210. The van der Waals surface area contributed by atoms with E-state index in [9.17, 15) is 48.7 Å². The Kier molecular flexibility index (Phi) is 11.8. The summed E-state index contributed by atoms with van der Waals surface area (Å²) in [5, 5.41) is 72.7. The molecule has 6 rings (SSSR count). The number of hydrogen-bond donors (Lipinski definition) is 8. The summed E-state index contributed by atoms with van der Waals surface area (Å²) in [6.45, 7) is -1.71. The molecule has 49 heavy (non-hydrogen) atoms. The van der Waals surface area contributed by atoms with Crippen LogP contribution in [0.3, 0.4) is 0 Å². The van der Waals surface area contributed by atoms with E-state index in [1.807, 2.05) is 0 Å². The van der Waals surface area contributed by atoms with E-state index in [0.717, 1.165) is 0 Å². The highest BCUT2D eigenvalue weighted by Gasteiger charge is 2.60. The van der Waals surface area contributed by atoms with Crippen LogP contribution >= 0.6 is 0 Å². The average Bonchev–Trinajstić information content (AvgIpc) is 3.47. The lowest BCUT2D eigenvalue weighted by atomic mass is 9.96.